The molecular weight excluding hydrogens is 1030 g/mol. The molecule has 3 amide bonds. The third-order valence-electron chi connectivity index (χ3n) is 19.8. The van der Waals surface area contributed by atoms with Crippen LogP contribution in [-0.2, 0) is 52.8 Å². The molecule has 2 aliphatic carbocycles. The minimum absolute atomic E-state index is 0.0293. The fraction of sp³-hybridized carbons (Fsp3) is 0.672. The maximum atomic E-state index is 15.2. The first-order valence-electron chi connectivity index (χ1n) is 30.3. The molecule has 0 radical (unpaired) electrons. The first-order chi connectivity index (χ1) is 38.8. The number of amides is 3. The van der Waals surface area contributed by atoms with Gasteiger partial charge in [0, 0.05) is 117 Å². The second kappa shape index (κ2) is 22.0. The Balaban J connectivity index is 0.827. The molecule has 7 aliphatic heterocycles. The lowest BCUT2D eigenvalue weighted by Gasteiger charge is -2.44. The van der Waals surface area contributed by atoms with E-state index in [1.165, 1.54) is 24.2 Å². The van der Waals surface area contributed by atoms with Gasteiger partial charge in [-0.1, -0.05) is 32.8 Å². The number of anilines is 1. The number of rotatable bonds is 11. The van der Waals surface area contributed by atoms with Crippen molar-refractivity contribution in [2.24, 2.45) is 22.7 Å². The highest BCUT2D eigenvalue weighted by molar-refractivity contribution is 7.10. The fourth-order valence-electron chi connectivity index (χ4n) is 15.1. The van der Waals surface area contributed by atoms with Gasteiger partial charge < -0.3 is 33.9 Å². The van der Waals surface area contributed by atoms with Crippen molar-refractivity contribution < 1.29 is 33.4 Å². The van der Waals surface area contributed by atoms with E-state index < -0.39 is 29.5 Å². The van der Waals surface area contributed by atoms with Crippen LogP contribution in [0, 0.1) is 22.7 Å². The minimum Gasteiger partial charge on any atom is -0.464 e. The maximum Gasteiger partial charge on any atom is 0.324 e. The van der Waals surface area contributed by atoms with Crippen LogP contribution in [0.4, 0.5) is 5.69 Å². The van der Waals surface area contributed by atoms with Gasteiger partial charge in [0.2, 0.25) is 11.8 Å². The predicted molar refractivity (Wildman–Crippen MR) is 307 cm³/mol. The Morgan fingerprint density at radius 3 is 2.64 bits per heavy atom. The number of morpholine rings is 1. The number of nitrogens with one attached hydrogen (secondary N) is 3. The van der Waals surface area contributed by atoms with Crippen molar-refractivity contribution in [1.29, 1.82) is 0 Å². The van der Waals surface area contributed by atoms with Crippen molar-refractivity contribution in [2.75, 3.05) is 90.7 Å². The number of benzene rings is 1. The molecule has 10 heterocycles. The van der Waals surface area contributed by atoms with Crippen LogP contribution in [0.15, 0.2) is 35.8 Å². The van der Waals surface area contributed by atoms with E-state index in [-0.39, 0.29) is 54.2 Å². The van der Waals surface area contributed by atoms with Crippen molar-refractivity contribution in [1.82, 2.24) is 50.3 Å². The molecule has 18 nitrogen and oxygen atoms in total. The lowest BCUT2D eigenvalue weighted by molar-refractivity contribution is -0.155. The van der Waals surface area contributed by atoms with Crippen LogP contribution in [0.1, 0.15) is 114 Å². The normalized spacial score (nSPS) is 29.5. The van der Waals surface area contributed by atoms with Gasteiger partial charge in [-0.3, -0.25) is 44.3 Å². The number of aryl methyl sites for hydroxylation is 1. The number of carbonyl (C=O) groups excluding carboxylic acids is 4. The van der Waals surface area contributed by atoms with Crippen molar-refractivity contribution in [3.05, 3.63) is 52.1 Å². The van der Waals surface area contributed by atoms with Gasteiger partial charge in [0.05, 0.1) is 72.0 Å². The number of nitrogens with zero attached hydrogens (tertiary/aromatic N) is 8. The van der Waals surface area contributed by atoms with Gasteiger partial charge in [0.15, 0.2) is 0 Å². The number of ether oxygens (including phenoxy) is 3. The zero-order valence-corrected chi connectivity index (χ0v) is 48.5. The summed E-state index contributed by atoms with van der Waals surface area (Å²) in [5.41, 5.74) is 10.8. The van der Waals surface area contributed by atoms with Crippen LogP contribution in [0.3, 0.4) is 0 Å². The summed E-state index contributed by atoms with van der Waals surface area (Å²) in [4.78, 5) is 78.3. The third-order valence-corrected chi connectivity index (χ3v) is 20.6. The first kappa shape index (κ1) is 54.2. The molecular formula is C61H83N11O7S. The summed E-state index contributed by atoms with van der Waals surface area (Å²) >= 11 is 1.51. The molecule has 0 unspecified atom stereocenters. The summed E-state index contributed by atoms with van der Waals surface area (Å²) in [7, 11) is 1.74. The number of hydrogen-bond acceptors (Lipinski definition) is 15. The number of hydrogen-bond donors (Lipinski definition) is 3. The Hall–Kier alpha value is -5.02. The Labute approximate surface area is 475 Å². The molecule has 3 N–H and O–H groups in total. The molecule has 19 heteroatoms. The number of likely N-dealkylation sites (tertiary alicyclic amines) is 2. The van der Waals surface area contributed by atoms with Crippen LogP contribution in [0.5, 0.6) is 0 Å². The van der Waals surface area contributed by atoms with E-state index in [0.717, 1.165) is 159 Å². The highest BCUT2D eigenvalue weighted by atomic mass is 32.1. The second-order valence-corrected chi connectivity index (χ2v) is 26.8. The molecule has 2 saturated carbocycles. The summed E-state index contributed by atoms with van der Waals surface area (Å²) in [6.07, 6.45) is 12.0. The number of carbonyl (C=O) groups is 4. The van der Waals surface area contributed by atoms with Gasteiger partial charge >= 0.3 is 5.97 Å². The topological polar surface area (TPSA) is 189 Å². The molecule has 1 spiro atoms. The van der Waals surface area contributed by atoms with Gasteiger partial charge in [0.25, 0.3) is 5.91 Å². The smallest absolute Gasteiger partial charge is 0.324 e. The Kier molecular flexibility index (Phi) is 14.9. The molecule has 430 valence electrons. The Morgan fingerprint density at radius 1 is 0.988 bits per heavy atom. The summed E-state index contributed by atoms with van der Waals surface area (Å²) in [6.45, 7) is 18.1. The molecule has 8 fully saturated rings. The van der Waals surface area contributed by atoms with Crippen LogP contribution in [0.2, 0.25) is 0 Å². The Morgan fingerprint density at radius 2 is 1.82 bits per heavy atom. The van der Waals surface area contributed by atoms with Crippen molar-refractivity contribution >= 4 is 51.6 Å². The highest BCUT2D eigenvalue weighted by Gasteiger charge is 2.55. The number of pyridine rings is 1. The van der Waals surface area contributed by atoms with Crippen molar-refractivity contribution in [3.63, 3.8) is 0 Å². The zero-order chi connectivity index (χ0) is 55.0. The summed E-state index contributed by atoms with van der Waals surface area (Å²) < 4.78 is 20.7. The molecule has 9 aliphatic rings. The van der Waals surface area contributed by atoms with Crippen LogP contribution in [0.25, 0.3) is 33.4 Å². The van der Waals surface area contributed by atoms with Gasteiger partial charge in [-0.05, 0) is 114 Å². The van der Waals surface area contributed by atoms with E-state index >= 15 is 9.59 Å². The lowest BCUT2D eigenvalue weighted by Crippen LogP contribution is -2.62. The molecule has 4 aromatic rings. The van der Waals surface area contributed by atoms with Gasteiger partial charge in [-0.2, -0.15) is 0 Å². The van der Waals surface area contributed by atoms with Crippen molar-refractivity contribution in [3.8, 4) is 22.5 Å². The summed E-state index contributed by atoms with van der Waals surface area (Å²) in [5.74, 6) is 0.269. The van der Waals surface area contributed by atoms with Crippen LogP contribution < -0.4 is 21.0 Å². The van der Waals surface area contributed by atoms with E-state index in [0.29, 0.717) is 50.4 Å². The molecule has 8 atom stereocenters. The van der Waals surface area contributed by atoms with Gasteiger partial charge in [-0.15, -0.1) is 11.3 Å². The number of methoxy groups -OCH3 is 1. The number of cyclic esters (lactones) is 1. The quantitative estimate of drug-likeness (QED) is 0.118. The number of aromatic nitrogens is 3. The lowest BCUT2D eigenvalue weighted by atomic mass is 9.84. The maximum absolute atomic E-state index is 15.2. The first-order valence-corrected chi connectivity index (χ1v) is 31.2. The molecule has 1 aromatic carbocycles. The predicted octanol–water partition coefficient (Wildman–Crippen LogP) is 5.96. The van der Waals surface area contributed by atoms with E-state index in [1.54, 1.807) is 12.1 Å². The fourth-order valence-corrected chi connectivity index (χ4v) is 15.9. The number of esters is 1. The number of fused-ring (bicyclic) bond motifs is 7. The molecule has 13 rings (SSSR count). The van der Waals surface area contributed by atoms with E-state index in [1.807, 2.05) is 6.20 Å². The largest absolute Gasteiger partial charge is 0.464 e. The van der Waals surface area contributed by atoms with Gasteiger partial charge in [0.1, 0.15) is 18.1 Å². The van der Waals surface area contributed by atoms with Crippen LogP contribution in [-0.4, -0.2) is 180 Å². The van der Waals surface area contributed by atoms with E-state index in [2.05, 4.69) is 97.6 Å². The van der Waals surface area contributed by atoms with E-state index in [9.17, 15) is 9.59 Å². The SMILES string of the molecule is CCn1c(-c2cc(N3CCN4CCOC[C@@H]4C3)cnc2[C@H](C)OC)c2c3cc(ccc31)-c1csc(n1)C[C@H](NC(=O)[C@H](C1CCCC1)N1CC[C@]3(CCN(C(=O)[C@@H]4N[C@@H]4C4CC4)C3)C1)C(=O)N1CCC[C@H](N1)C(=O)OCC(C)(C)C2. The summed E-state index contributed by atoms with van der Waals surface area (Å²) in [5, 5.41) is 12.3. The minimum atomic E-state index is -0.935. The Bertz CT molecular complexity index is 3010. The highest BCUT2D eigenvalue weighted by Crippen LogP contribution is 2.46. The van der Waals surface area contributed by atoms with Crippen molar-refractivity contribution in [2.45, 2.75) is 154 Å². The standard InChI is InChI=1S/C61H83N11O7S/c1-6-71-49-16-15-40-26-43(49)45(55(71)44-27-41(30-62-51(44)37(2)77-5)68-23-22-67-24-25-78-32-42(67)31-68)29-60(3,4)36-79-59(76)46-12-9-19-72(66-46)57(74)47(28-50-63-48(40)33-80-50)64-56(73)54(39-10-7-8-11-39)69-20-17-61(34-69)18-21-70(35-61)58(75)53-52(65-53)38-13-14-38/h15-16,26-27,30,33,37-39,42,46-47,52-54,65-66H,6-14,17-25,28-29,31-32,34-36H2,1-5H3,(H,64,73)/t37-,42-,46-,47-,52+,53+,54-,61-/m0/s1. The monoisotopic (exact) mass is 1110 g/mol. The van der Waals surface area contributed by atoms with E-state index in [4.69, 9.17) is 24.2 Å². The molecule has 3 aromatic heterocycles. The molecule has 6 bridgehead atoms. The zero-order valence-electron chi connectivity index (χ0n) is 47.7. The average Bonchev–Trinajstić information content (AvgIpc) is 4.34. The molecule has 6 saturated heterocycles. The number of thiazole rings is 1. The summed E-state index contributed by atoms with van der Waals surface area (Å²) in [6, 6.07) is 7.52. The molecule has 80 heavy (non-hydrogen) atoms. The number of hydrazine groups is 1. The third kappa shape index (κ3) is 10.6. The number of piperazine rings is 1. The average molecular weight is 1110 g/mol. The van der Waals surface area contributed by atoms with Gasteiger partial charge in [-0.25, -0.2) is 10.4 Å². The van der Waals surface area contributed by atoms with Crippen LogP contribution >= 0.6 is 11.3 Å². The second-order valence-electron chi connectivity index (χ2n) is 25.9.